The van der Waals surface area contributed by atoms with Gasteiger partial charge >= 0.3 is 0 Å². The van der Waals surface area contributed by atoms with Crippen LogP contribution in [0.4, 0.5) is 10.1 Å². The minimum Gasteiger partial charge on any atom is -0.506 e. The zero-order chi connectivity index (χ0) is 13.4. The number of para-hydroxylation sites is 1. The number of anilines is 1. The second-order valence-electron chi connectivity index (χ2n) is 4.59. The van der Waals surface area contributed by atoms with Crippen LogP contribution in [0.2, 0.25) is 0 Å². The summed E-state index contributed by atoms with van der Waals surface area (Å²) in [7, 11) is 0. The van der Waals surface area contributed by atoms with Crippen molar-refractivity contribution in [3.05, 3.63) is 48.2 Å². The van der Waals surface area contributed by atoms with E-state index in [0.29, 0.717) is 6.42 Å². The Bertz CT molecular complexity index is 589. The normalized spacial score (nSPS) is 21.1. The fraction of sp³-hybridized carbons (Fsp3) is 0.214. The molecule has 1 aliphatic rings. The number of benzene rings is 1. The summed E-state index contributed by atoms with van der Waals surface area (Å²) in [6.45, 7) is 0. The fourth-order valence-electron chi connectivity index (χ4n) is 2.15. The van der Waals surface area contributed by atoms with Gasteiger partial charge in [-0.2, -0.15) is 0 Å². The largest absolute Gasteiger partial charge is 0.506 e. The molecule has 2 atom stereocenters. The molecule has 1 amide bonds. The number of amides is 1. The highest BCUT2D eigenvalue weighted by molar-refractivity contribution is 5.96. The molecular weight excluding hydrogens is 249 g/mol. The van der Waals surface area contributed by atoms with E-state index in [1.54, 1.807) is 12.3 Å². The molecular formula is C14H12FNO3. The number of carbonyl (C=O) groups excluding carboxylic acids is 1. The van der Waals surface area contributed by atoms with Crippen molar-refractivity contribution in [1.82, 2.24) is 0 Å². The van der Waals surface area contributed by atoms with E-state index in [0.717, 1.165) is 5.76 Å². The summed E-state index contributed by atoms with van der Waals surface area (Å²) in [6.07, 6.45) is 2.24. The maximum Gasteiger partial charge on any atom is 0.228 e. The number of hydrogen-bond acceptors (Lipinski definition) is 3. The third-order valence-corrected chi connectivity index (χ3v) is 3.28. The average Bonchev–Trinajstić information content (AvgIpc) is 3.00. The van der Waals surface area contributed by atoms with Crippen LogP contribution in [0, 0.1) is 11.7 Å². The minimum atomic E-state index is -0.649. The smallest absolute Gasteiger partial charge is 0.228 e. The molecule has 0 unspecified atom stereocenters. The van der Waals surface area contributed by atoms with Crippen LogP contribution in [0.3, 0.4) is 0 Å². The van der Waals surface area contributed by atoms with Gasteiger partial charge in [0.2, 0.25) is 5.91 Å². The van der Waals surface area contributed by atoms with E-state index in [1.165, 1.54) is 18.2 Å². The summed E-state index contributed by atoms with van der Waals surface area (Å²) in [5.41, 5.74) is -0.169. The summed E-state index contributed by atoms with van der Waals surface area (Å²) in [4.78, 5) is 12.0. The highest BCUT2D eigenvalue weighted by Crippen LogP contribution is 2.48. The summed E-state index contributed by atoms with van der Waals surface area (Å²) in [6, 6.07) is 7.48. The van der Waals surface area contributed by atoms with Gasteiger partial charge in [0.25, 0.3) is 0 Å². The van der Waals surface area contributed by atoms with Gasteiger partial charge in [-0.25, -0.2) is 4.39 Å². The zero-order valence-electron chi connectivity index (χ0n) is 9.97. The van der Waals surface area contributed by atoms with Crippen LogP contribution >= 0.6 is 0 Å². The molecule has 1 fully saturated rings. The van der Waals surface area contributed by atoms with Crippen molar-refractivity contribution in [2.75, 3.05) is 5.32 Å². The van der Waals surface area contributed by atoms with Gasteiger partial charge in [0.1, 0.15) is 17.2 Å². The Morgan fingerprint density at radius 3 is 2.89 bits per heavy atom. The first-order valence-electron chi connectivity index (χ1n) is 5.98. The molecule has 0 spiro atoms. The second kappa shape index (κ2) is 4.42. The monoisotopic (exact) mass is 261 g/mol. The third-order valence-electron chi connectivity index (χ3n) is 3.28. The maximum absolute atomic E-state index is 13.5. The number of halogens is 1. The number of phenols is 1. The Balaban J connectivity index is 1.70. The third kappa shape index (κ3) is 2.19. The van der Waals surface area contributed by atoms with Crippen LogP contribution in [0.5, 0.6) is 5.75 Å². The topological polar surface area (TPSA) is 62.5 Å². The molecule has 4 nitrogen and oxygen atoms in total. The predicted molar refractivity (Wildman–Crippen MR) is 66.3 cm³/mol. The second-order valence-corrected chi connectivity index (χ2v) is 4.59. The number of aromatic hydroxyl groups is 1. The highest BCUT2D eigenvalue weighted by atomic mass is 19.1. The van der Waals surface area contributed by atoms with Gasteiger partial charge in [-0.05, 0) is 30.7 Å². The van der Waals surface area contributed by atoms with Crippen molar-refractivity contribution in [3.63, 3.8) is 0 Å². The van der Waals surface area contributed by atoms with E-state index >= 15 is 0 Å². The molecule has 3 rings (SSSR count). The molecule has 1 saturated carbocycles. The van der Waals surface area contributed by atoms with Gasteiger partial charge in [-0.3, -0.25) is 4.79 Å². The number of nitrogens with one attached hydrogen (secondary N) is 1. The lowest BCUT2D eigenvalue weighted by Crippen LogP contribution is -2.15. The Morgan fingerprint density at radius 2 is 2.21 bits per heavy atom. The van der Waals surface area contributed by atoms with Crippen LogP contribution in [-0.2, 0) is 4.79 Å². The number of rotatable bonds is 3. The first-order valence-corrected chi connectivity index (χ1v) is 5.98. The lowest BCUT2D eigenvalue weighted by atomic mass is 10.2. The van der Waals surface area contributed by atoms with E-state index in [-0.39, 0.29) is 29.2 Å². The van der Waals surface area contributed by atoms with Gasteiger partial charge in [0.05, 0.1) is 6.26 Å². The van der Waals surface area contributed by atoms with Crippen molar-refractivity contribution < 1.29 is 18.7 Å². The van der Waals surface area contributed by atoms with E-state index in [1.807, 2.05) is 6.07 Å². The summed E-state index contributed by atoms with van der Waals surface area (Å²) >= 11 is 0. The van der Waals surface area contributed by atoms with Crippen molar-refractivity contribution in [2.24, 2.45) is 5.92 Å². The zero-order valence-corrected chi connectivity index (χ0v) is 9.97. The van der Waals surface area contributed by atoms with Crippen molar-refractivity contribution in [2.45, 2.75) is 12.3 Å². The molecule has 1 aromatic heterocycles. The number of phenolic OH excluding ortho intramolecular Hbond substituents is 1. The molecule has 0 aliphatic heterocycles. The van der Waals surface area contributed by atoms with Gasteiger partial charge in [-0.15, -0.1) is 0 Å². The summed E-state index contributed by atoms with van der Waals surface area (Å²) in [5.74, 6) is -0.652. The molecule has 1 aromatic carbocycles. The Morgan fingerprint density at radius 1 is 1.37 bits per heavy atom. The van der Waals surface area contributed by atoms with Crippen LogP contribution in [0.15, 0.2) is 41.0 Å². The van der Waals surface area contributed by atoms with Gasteiger partial charge in [0, 0.05) is 11.8 Å². The number of carbonyl (C=O) groups is 1. The minimum absolute atomic E-state index is 0.0453. The number of hydrogen-bond donors (Lipinski definition) is 2. The first-order chi connectivity index (χ1) is 9.16. The predicted octanol–water partition coefficient (Wildman–Crippen LogP) is 2.87. The molecule has 2 aromatic rings. The van der Waals surface area contributed by atoms with Crippen molar-refractivity contribution in [1.29, 1.82) is 0 Å². The maximum atomic E-state index is 13.5. The standard InChI is InChI=1S/C14H12FNO3/c15-10-3-1-4-11(17)13(10)16-14(18)9-7-8(9)12-5-2-6-19-12/h1-6,8-9,17H,7H2,(H,16,18)/t8-,9+/m1/s1. The first kappa shape index (κ1) is 11.8. The molecule has 98 valence electrons. The molecule has 0 saturated heterocycles. The molecule has 0 radical (unpaired) electrons. The summed E-state index contributed by atoms with van der Waals surface area (Å²) in [5, 5.41) is 11.9. The Hall–Kier alpha value is -2.30. The van der Waals surface area contributed by atoms with Crippen LogP contribution in [0.25, 0.3) is 0 Å². The van der Waals surface area contributed by atoms with Crippen molar-refractivity contribution in [3.8, 4) is 5.75 Å². The SMILES string of the molecule is O=C(Nc1c(O)cccc1F)[C@H]1C[C@H]1c1ccco1. The quantitative estimate of drug-likeness (QED) is 0.835. The highest BCUT2D eigenvalue weighted by Gasteiger charge is 2.46. The van der Waals surface area contributed by atoms with Crippen molar-refractivity contribution >= 4 is 11.6 Å². The number of furan rings is 1. The molecule has 2 N–H and O–H groups in total. The molecule has 0 bridgehead atoms. The van der Waals surface area contributed by atoms with Crippen LogP contribution in [-0.4, -0.2) is 11.0 Å². The van der Waals surface area contributed by atoms with Crippen LogP contribution < -0.4 is 5.32 Å². The molecule has 5 heteroatoms. The van der Waals surface area contributed by atoms with E-state index in [2.05, 4.69) is 5.32 Å². The van der Waals surface area contributed by atoms with Gasteiger partial charge in [-0.1, -0.05) is 6.07 Å². The molecule has 19 heavy (non-hydrogen) atoms. The summed E-state index contributed by atoms with van der Waals surface area (Å²) < 4.78 is 18.7. The fourth-order valence-corrected chi connectivity index (χ4v) is 2.15. The van der Waals surface area contributed by atoms with Crippen LogP contribution in [0.1, 0.15) is 18.1 Å². The molecule has 1 aliphatic carbocycles. The van der Waals surface area contributed by atoms with E-state index in [4.69, 9.17) is 4.42 Å². The average molecular weight is 261 g/mol. The van der Waals surface area contributed by atoms with Gasteiger partial charge in [0.15, 0.2) is 5.82 Å². The lowest BCUT2D eigenvalue weighted by Gasteiger charge is -2.07. The van der Waals surface area contributed by atoms with E-state index < -0.39 is 5.82 Å². The lowest BCUT2D eigenvalue weighted by molar-refractivity contribution is -0.117. The Kier molecular flexibility index (Phi) is 2.74. The molecule has 1 heterocycles. The Labute approximate surface area is 108 Å². The van der Waals surface area contributed by atoms with E-state index in [9.17, 15) is 14.3 Å². The van der Waals surface area contributed by atoms with Gasteiger partial charge < -0.3 is 14.8 Å².